The van der Waals surface area contributed by atoms with Gasteiger partial charge in [-0.2, -0.15) is 5.10 Å². The van der Waals surface area contributed by atoms with Gasteiger partial charge in [0.15, 0.2) is 0 Å². The fraction of sp³-hybridized carbons (Fsp3) is 0.800. The van der Waals surface area contributed by atoms with Gasteiger partial charge in [-0.25, -0.2) is 0 Å². The van der Waals surface area contributed by atoms with Crippen LogP contribution >= 0.6 is 27.5 Å². The largest absolute Gasteiger partial charge is 0.268 e. The quantitative estimate of drug-likeness (QED) is 0.553. The summed E-state index contributed by atoms with van der Waals surface area (Å²) in [6.07, 6.45) is 8.63. The summed E-state index contributed by atoms with van der Waals surface area (Å²) in [6, 6.07) is 0. The Kier molecular flexibility index (Phi) is 5.76. The van der Waals surface area contributed by atoms with Crippen molar-refractivity contribution in [3.05, 3.63) is 16.4 Å². The predicted octanol–water partition coefficient (Wildman–Crippen LogP) is 5.01. The van der Waals surface area contributed by atoms with Crippen LogP contribution in [0.2, 0.25) is 5.02 Å². The van der Waals surface area contributed by atoms with E-state index in [1.807, 2.05) is 0 Å². The molecule has 1 aromatic heterocycles. The maximum atomic E-state index is 6.51. The van der Waals surface area contributed by atoms with Crippen LogP contribution in [-0.2, 0) is 19.4 Å². The van der Waals surface area contributed by atoms with Gasteiger partial charge in [-0.3, -0.25) is 4.68 Å². The molecule has 1 aliphatic carbocycles. The molecule has 1 saturated carbocycles. The summed E-state index contributed by atoms with van der Waals surface area (Å²) < 4.78 is 2.11. The Morgan fingerprint density at radius 1 is 1.32 bits per heavy atom. The van der Waals surface area contributed by atoms with Crippen LogP contribution in [0.4, 0.5) is 0 Å². The van der Waals surface area contributed by atoms with Gasteiger partial charge in [-0.05, 0) is 38.5 Å². The first-order valence-corrected chi connectivity index (χ1v) is 8.83. The SMILES string of the molecule is CCc1nn(CC)c(CC2CCCCC(Br)C2)c1Cl. The molecule has 1 fully saturated rings. The summed E-state index contributed by atoms with van der Waals surface area (Å²) in [4.78, 5) is 0.683. The smallest absolute Gasteiger partial charge is 0.0849 e. The third kappa shape index (κ3) is 3.75. The highest BCUT2D eigenvalue weighted by molar-refractivity contribution is 9.09. The number of hydrogen-bond donors (Lipinski definition) is 0. The van der Waals surface area contributed by atoms with Crippen molar-refractivity contribution >= 4 is 27.5 Å². The van der Waals surface area contributed by atoms with Crippen molar-refractivity contribution in [3.63, 3.8) is 0 Å². The topological polar surface area (TPSA) is 17.8 Å². The lowest BCUT2D eigenvalue weighted by atomic mass is 9.94. The Labute approximate surface area is 130 Å². The minimum Gasteiger partial charge on any atom is -0.268 e. The van der Waals surface area contributed by atoms with Gasteiger partial charge in [-0.1, -0.05) is 53.7 Å². The van der Waals surface area contributed by atoms with Crippen molar-refractivity contribution in [1.82, 2.24) is 9.78 Å². The van der Waals surface area contributed by atoms with Crippen molar-refractivity contribution < 1.29 is 0 Å². The van der Waals surface area contributed by atoms with Crippen LogP contribution in [-0.4, -0.2) is 14.6 Å². The molecule has 2 nitrogen and oxygen atoms in total. The summed E-state index contributed by atoms with van der Waals surface area (Å²) in [5, 5.41) is 5.54. The van der Waals surface area contributed by atoms with Crippen molar-refractivity contribution in [2.24, 2.45) is 5.92 Å². The Balaban J connectivity index is 2.15. The molecule has 0 spiro atoms. The van der Waals surface area contributed by atoms with E-state index >= 15 is 0 Å². The van der Waals surface area contributed by atoms with Crippen LogP contribution in [0.5, 0.6) is 0 Å². The summed E-state index contributed by atoms with van der Waals surface area (Å²) >= 11 is 10.3. The van der Waals surface area contributed by atoms with Crippen molar-refractivity contribution in [3.8, 4) is 0 Å². The minimum absolute atomic E-state index is 0.683. The predicted molar refractivity (Wildman–Crippen MR) is 85.3 cm³/mol. The highest BCUT2D eigenvalue weighted by atomic mass is 79.9. The van der Waals surface area contributed by atoms with Crippen molar-refractivity contribution in [2.75, 3.05) is 0 Å². The number of rotatable bonds is 4. The second-order valence-electron chi connectivity index (χ2n) is 5.56. The van der Waals surface area contributed by atoms with Crippen LogP contribution in [0.1, 0.15) is 57.3 Å². The van der Waals surface area contributed by atoms with Crippen LogP contribution in [0.25, 0.3) is 0 Å². The summed E-state index contributed by atoms with van der Waals surface area (Å²) in [5.41, 5.74) is 2.31. The van der Waals surface area contributed by atoms with E-state index in [-0.39, 0.29) is 0 Å². The fourth-order valence-electron chi connectivity index (χ4n) is 3.07. The highest BCUT2D eigenvalue weighted by Gasteiger charge is 2.22. The van der Waals surface area contributed by atoms with Gasteiger partial charge >= 0.3 is 0 Å². The zero-order valence-electron chi connectivity index (χ0n) is 12.0. The monoisotopic (exact) mass is 346 g/mol. The molecule has 1 aromatic rings. The molecule has 2 unspecified atom stereocenters. The van der Waals surface area contributed by atoms with Crippen molar-refractivity contribution in [1.29, 1.82) is 0 Å². The van der Waals surface area contributed by atoms with Gasteiger partial charge in [0.2, 0.25) is 0 Å². The lowest BCUT2D eigenvalue weighted by Gasteiger charge is -2.17. The minimum atomic E-state index is 0.683. The lowest BCUT2D eigenvalue weighted by molar-refractivity contribution is 0.444. The van der Waals surface area contributed by atoms with Gasteiger partial charge in [0.05, 0.1) is 16.4 Å². The molecule has 1 aliphatic rings. The number of aromatic nitrogens is 2. The van der Waals surface area contributed by atoms with E-state index in [0.29, 0.717) is 4.83 Å². The molecule has 2 atom stereocenters. The number of nitrogens with zero attached hydrogens (tertiary/aromatic N) is 2. The van der Waals surface area contributed by atoms with Gasteiger partial charge < -0.3 is 0 Å². The lowest BCUT2D eigenvalue weighted by Crippen LogP contribution is -2.12. The van der Waals surface area contributed by atoms with Crippen LogP contribution < -0.4 is 0 Å². The molecule has 0 bridgehead atoms. The molecular weight excluding hydrogens is 324 g/mol. The second kappa shape index (κ2) is 7.12. The number of hydrogen-bond acceptors (Lipinski definition) is 1. The molecule has 0 aliphatic heterocycles. The molecule has 19 heavy (non-hydrogen) atoms. The van der Waals surface area contributed by atoms with Gasteiger partial charge in [0.1, 0.15) is 0 Å². The van der Waals surface area contributed by atoms with E-state index in [0.717, 1.165) is 36.0 Å². The Morgan fingerprint density at radius 2 is 2.05 bits per heavy atom. The van der Waals surface area contributed by atoms with Crippen LogP contribution in [0.15, 0.2) is 0 Å². The molecule has 0 aromatic carbocycles. The Bertz CT molecular complexity index is 417. The molecule has 108 valence electrons. The molecule has 4 heteroatoms. The van der Waals surface area contributed by atoms with E-state index in [1.54, 1.807) is 0 Å². The van der Waals surface area contributed by atoms with Gasteiger partial charge in [-0.15, -0.1) is 0 Å². The third-order valence-corrected chi connectivity index (χ3v) is 5.41. The first-order valence-electron chi connectivity index (χ1n) is 7.53. The maximum Gasteiger partial charge on any atom is 0.0849 e. The summed E-state index contributed by atoms with van der Waals surface area (Å²) in [6.45, 7) is 5.18. The average Bonchev–Trinajstić information content (AvgIpc) is 2.57. The molecule has 0 N–H and O–H groups in total. The Morgan fingerprint density at radius 3 is 2.74 bits per heavy atom. The van der Waals surface area contributed by atoms with E-state index in [1.165, 1.54) is 37.8 Å². The average molecular weight is 348 g/mol. The van der Waals surface area contributed by atoms with E-state index < -0.39 is 0 Å². The maximum absolute atomic E-state index is 6.51. The zero-order chi connectivity index (χ0) is 13.8. The first kappa shape index (κ1) is 15.4. The number of alkyl halides is 1. The molecular formula is C15H24BrClN2. The molecule has 0 amide bonds. The summed E-state index contributed by atoms with van der Waals surface area (Å²) in [5.74, 6) is 0.746. The van der Waals surface area contributed by atoms with Crippen molar-refractivity contribution in [2.45, 2.75) is 70.2 Å². The Hall–Kier alpha value is -0.0200. The zero-order valence-corrected chi connectivity index (χ0v) is 14.3. The number of aryl methyl sites for hydroxylation is 2. The van der Waals surface area contributed by atoms with E-state index in [2.05, 4.69) is 39.6 Å². The van der Waals surface area contributed by atoms with E-state index in [4.69, 9.17) is 11.6 Å². The normalized spacial score (nSPS) is 24.4. The summed E-state index contributed by atoms with van der Waals surface area (Å²) in [7, 11) is 0. The van der Waals surface area contributed by atoms with Crippen LogP contribution in [0, 0.1) is 5.92 Å². The fourth-order valence-corrected chi connectivity index (χ4v) is 4.27. The number of halogens is 2. The van der Waals surface area contributed by atoms with Crippen LogP contribution in [0.3, 0.4) is 0 Å². The first-order chi connectivity index (χ1) is 9.15. The van der Waals surface area contributed by atoms with Gasteiger partial charge in [0.25, 0.3) is 0 Å². The second-order valence-corrected chi connectivity index (χ2v) is 7.24. The van der Waals surface area contributed by atoms with Gasteiger partial charge in [0, 0.05) is 11.4 Å². The van der Waals surface area contributed by atoms with E-state index in [9.17, 15) is 0 Å². The third-order valence-electron chi connectivity index (χ3n) is 4.14. The highest BCUT2D eigenvalue weighted by Crippen LogP contribution is 2.32. The molecule has 0 saturated heterocycles. The molecule has 0 radical (unpaired) electrons. The molecule has 1 heterocycles. The molecule has 2 rings (SSSR count). The standard InChI is InChI=1S/C15H24BrClN2/c1-3-13-15(17)14(19(4-2)18-13)10-11-7-5-6-8-12(16)9-11/h11-12H,3-10H2,1-2H3.